The Hall–Kier alpha value is -1.36. The van der Waals surface area contributed by atoms with Gasteiger partial charge in [-0.1, -0.05) is 12.2 Å². The van der Waals surface area contributed by atoms with Gasteiger partial charge in [-0.3, -0.25) is 14.9 Å². The van der Waals surface area contributed by atoms with Gasteiger partial charge in [0, 0.05) is 12.0 Å². The van der Waals surface area contributed by atoms with Crippen LogP contribution in [0.2, 0.25) is 0 Å². The molecule has 5 heteroatoms. The molecule has 2 atom stereocenters. The molecule has 2 amide bonds. The molecule has 0 aromatic carbocycles. The Balaban J connectivity index is 2.42. The molecule has 13 heavy (non-hydrogen) atoms. The van der Waals surface area contributed by atoms with E-state index in [1.54, 1.807) is 0 Å². The molecule has 0 radical (unpaired) electrons. The number of nitrogens with one attached hydrogen (secondary N) is 1. The summed E-state index contributed by atoms with van der Waals surface area (Å²) < 4.78 is 0. The summed E-state index contributed by atoms with van der Waals surface area (Å²) >= 11 is 0. The molecule has 5 N–H and O–H groups in total. The average Bonchev–Trinajstić information content (AvgIpc) is 2.61. The van der Waals surface area contributed by atoms with Crippen molar-refractivity contribution in [1.82, 2.24) is 5.32 Å². The summed E-state index contributed by atoms with van der Waals surface area (Å²) in [5.41, 5.74) is 9.02. The minimum Gasteiger partial charge on any atom is -0.368 e. The Morgan fingerprint density at radius 2 is 1.92 bits per heavy atom. The fourth-order valence-corrected chi connectivity index (χ4v) is 2.16. The fourth-order valence-electron chi connectivity index (χ4n) is 2.16. The Kier molecular flexibility index (Phi) is 1.47. The zero-order chi connectivity index (χ0) is 9.64. The number of nitrogens with two attached hydrogens (primary N) is 2. The summed E-state index contributed by atoms with van der Waals surface area (Å²) in [6.45, 7) is 0. The minimum absolute atomic E-state index is 0.0602. The molecule has 70 valence electrons. The maximum atomic E-state index is 11.2. The van der Waals surface area contributed by atoms with Crippen molar-refractivity contribution in [3.05, 3.63) is 12.2 Å². The minimum atomic E-state index is -1.35. The Morgan fingerprint density at radius 3 is 2.15 bits per heavy atom. The number of fused-ring (bicyclic) bond motifs is 2. The van der Waals surface area contributed by atoms with Crippen molar-refractivity contribution in [3.63, 3.8) is 0 Å². The second kappa shape index (κ2) is 2.32. The van der Waals surface area contributed by atoms with Crippen molar-refractivity contribution in [2.24, 2.45) is 17.4 Å². The lowest BCUT2D eigenvalue weighted by Crippen LogP contribution is -2.65. The third-order valence-corrected chi connectivity index (χ3v) is 2.83. The number of rotatable bonds is 2. The first-order valence-corrected chi connectivity index (χ1v) is 4.13. The van der Waals surface area contributed by atoms with Gasteiger partial charge in [0.25, 0.3) is 0 Å². The lowest BCUT2D eigenvalue weighted by atomic mass is 9.85. The van der Waals surface area contributed by atoms with Gasteiger partial charge >= 0.3 is 0 Å². The maximum absolute atomic E-state index is 11.2. The van der Waals surface area contributed by atoms with E-state index in [-0.39, 0.29) is 12.0 Å². The fraction of sp³-hybridized carbons (Fsp3) is 0.500. The summed E-state index contributed by atoms with van der Waals surface area (Å²) in [4.78, 5) is 22.4. The smallest absolute Gasteiger partial charge is 0.248 e. The highest BCUT2D eigenvalue weighted by atomic mass is 16.2. The quantitative estimate of drug-likeness (QED) is 0.348. The SMILES string of the molecule is NC(=O)C1(C(N)=O)N[C@@H]2C=C[C@@H]1C2. The molecule has 1 heterocycles. The van der Waals surface area contributed by atoms with Gasteiger partial charge in [-0.05, 0) is 6.42 Å². The lowest BCUT2D eigenvalue weighted by molar-refractivity contribution is -0.136. The standard InChI is InChI=1S/C8H11N3O2/c9-6(12)8(7(10)13)4-1-2-5(3-4)11-8/h1-2,4-5,11H,3H2,(H2,9,12)(H2,10,13)/t4-,5-/m1/s1. The summed E-state index contributed by atoms with van der Waals surface area (Å²) in [6, 6.07) is 0.0602. The second-order valence-electron chi connectivity index (χ2n) is 3.51. The first-order valence-electron chi connectivity index (χ1n) is 4.13. The summed E-state index contributed by atoms with van der Waals surface area (Å²) in [7, 11) is 0. The van der Waals surface area contributed by atoms with Crippen LogP contribution in [0.15, 0.2) is 12.2 Å². The van der Waals surface area contributed by atoms with Crippen LogP contribution >= 0.6 is 0 Å². The molecule has 2 bridgehead atoms. The van der Waals surface area contributed by atoms with E-state index < -0.39 is 17.4 Å². The summed E-state index contributed by atoms with van der Waals surface area (Å²) in [5.74, 6) is -1.54. The molecule has 1 aliphatic heterocycles. The predicted octanol–water partition coefficient (Wildman–Crippen LogP) is -1.76. The summed E-state index contributed by atoms with van der Waals surface area (Å²) in [5, 5.41) is 2.87. The van der Waals surface area contributed by atoms with Crippen molar-refractivity contribution in [3.8, 4) is 0 Å². The molecule has 1 aliphatic carbocycles. The van der Waals surface area contributed by atoms with E-state index in [9.17, 15) is 9.59 Å². The van der Waals surface area contributed by atoms with Gasteiger partial charge in [-0.15, -0.1) is 0 Å². The Labute approximate surface area is 75.1 Å². The summed E-state index contributed by atoms with van der Waals surface area (Å²) in [6.07, 6.45) is 4.48. The van der Waals surface area contributed by atoms with Gasteiger partial charge in [0.15, 0.2) is 5.54 Å². The molecule has 1 fully saturated rings. The zero-order valence-corrected chi connectivity index (χ0v) is 6.99. The van der Waals surface area contributed by atoms with Crippen molar-refractivity contribution in [1.29, 1.82) is 0 Å². The van der Waals surface area contributed by atoms with E-state index in [4.69, 9.17) is 11.5 Å². The van der Waals surface area contributed by atoms with Crippen molar-refractivity contribution < 1.29 is 9.59 Å². The topological polar surface area (TPSA) is 98.2 Å². The molecular formula is C8H11N3O2. The number of carbonyl (C=O) groups excluding carboxylic acids is 2. The third kappa shape index (κ3) is 0.846. The zero-order valence-electron chi connectivity index (χ0n) is 6.99. The van der Waals surface area contributed by atoms with E-state index in [1.807, 2.05) is 12.2 Å². The van der Waals surface area contributed by atoms with Crippen LogP contribution in [0.4, 0.5) is 0 Å². The molecule has 2 aliphatic rings. The van der Waals surface area contributed by atoms with E-state index in [2.05, 4.69) is 5.32 Å². The molecule has 0 saturated carbocycles. The lowest BCUT2D eigenvalue weighted by Gasteiger charge is -2.29. The van der Waals surface area contributed by atoms with Crippen LogP contribution in [0.1, 0.15) is 6.42 Å². The van der Waals surface area contributed by atoms with Crippen LogP contribution in [0.25, 0.3) is 0 Å². The normalized spacial score (nSPS) is 33.5. The molecule has 0 aromatic rings. The van der Waals surface area contributed by atoms with Gasteiger partial charge in [-0.2, -0.15) is 0 Å². The van der Waals surface area contributed by atoms with Crippen molar-refractivity contribution >= 4 is 11.8 Å². The van der Waals surface area contributed by atoms with E-state index in [0.717, 1.165) is 6.42 Å². The Bertz CT molecular complexity index is 297. The monoisotopic (exact) mass is 181 g/mol. The van der Waals surface area contributed by atoms with E-state index in [0.29, 0.717) is 0 Å². The van der Waals surface area contributed by atoms with Crippen LogP contribution in [0.3, 0.4) is 0 Å². The van der Waals surface area contributed by atoms with Crippen LogP contribution in [-0.2, 0) is 9.59 Å². The van der Waals surface area contributed by atoms with Gasteiger partial charge in [0.2, 0.25) is 11.8 Å². The highest BCUT2D eigenvalue weighted by Crippen LogP contribution is 2.36. The number of hydrogen-bond acceptors (Lipinski definition) is 3. The number of primary amides is 2. The number of hydrogen-bond donors (Lipinski definition) is 3. The molecule has 0 aromatic heterocycles. The highest BCUT2D eigenvalue weighted by molar-refractivity contribution is 6.09. The Morgan fingerprint density at radius 1 is 1.31 bits per heavy atom. The first kappa shape index (κ1) is 8.25. The third-order valence-electron chi connectivity index (χ3n) is 2.83. The number of carbonyl (C=O) groups is 2. The van der Waals surface area contributed by atoms with Gasteiger partial charge in [0.1, 0.15) is 0 Å². The number of amides is 2. The van der Waals surface area contributed by atoms with Crippen molar-refractivity contribution in [2.75, 3.05) is 0 Å². The van der Waals surface area contributed by atoms with Gasteiger partial charge in [-0.25, -0.2) is 0 Å². The van der Waals surface area contributed by atoms with Crippen LogP contribution < -0.4 is 16.8 Å². The van der Waals surface area contributed by atoms with Crippen molar-refractivity contribution in [2.45, 2.75) is 18.0 Å². The molecule has 1 saturated heterocycles. The largest absolute Gasteiger partial charge is 0.368 e. The van der Waals surface area contributed by atoms with Crippen LogP contribution in [0, 0.1) is 5.92 Å². The second-order valence-corrected chi connectivity index (χ2v) is 3.51. The maximum Gasteiger partial charge on any atom is 0.248 e. The van der Waals surface area contributed by atoms with Gasteiger partial charge in [0.05, 0.1) is 0 Å². The average molecular weight is 181 g/mol. The molecular weight excluding hydrogens is 170 g/mol. The molecule has 0 unspecified atom stereocenters. The van der Waals surface area contributed by atoms with E-state index in [1.165, 1.54) is 0 Å². The molecule has 2 rings (SSSR count). The predicted molar refractivity (Wildman–Crippen MR) is 45.3 cm³/mol. The first-order chi connectivity index (χ1) is 6.07. The van der Waals surface area contributed by atoms with E-state index >= 15 is 0 Å². The molecule has 0 spiro atoms. The highest BCUT2D eigenvalue weighted by Gasteiger charge is 2.56. The van der Waals surface area contributed by atoms with Gasteiger partial charge < -0.3 is 11.5 Å². The van der Waals surface area contributed by atoms with Crippen LogP contribution in [0.5, 0.6) is 0 Å². The van der Waals surface area contributed by atoms with Crippen LogP contribution in [-0.4, -0.2) is 23.4 Å². The molecule has 5 nitrogen and oxygen atoms in total.